The molecule has 1 N–H and O–H groups in total. The molecule has 0 aliphatic rings. The number of ether oxygens (including phenoxy) is 2. The van der Waals surface area contributed by atoms with Crippen LogP contribution in [-0.2, 0) is 19.1 Å². The van der Waals surface area contributed by atoms with Crippen molar-refractivity contribution in [1.29, 1.82) is 0 Å². The Labute approximate surface area is 147 Å². The smallest absolute Gasteiger partial charge is 0.350 e. The van der Waals surface area contributed by atoms with E-state index >= 15 is 0 Å². The van der Waals surface area contributed by atoms with Crippen LogP contribution in [0, 0.1) is 11.8 Å². The van der Waals surface area contributed by atoms with Gasteiger partial charge in [-0.3, -0.25) is 9.78 Å². The molecule has 0 unspecified atom stereocenters. The lowest BCUT2D eigenvalue weighted by Crippen LogP contribution is -2.51. The first kappa shape index (κ1) is 20.8. The molecule has 1 aromatic heterocycles. The van der Waals surface area contributed by atoms with E-state index in [-0.39, 0.29) is 30.6 Å². The summed E-state index contributed by atoms with van der Waals surface area (Å²) in [5.74, 6) is -2.94. The fourth-order valence-electron chi connectivity index (χ4n) is 1.82. The largest absolute Gasteiger partial charge is 0.463 e. The van der Waals surface area contributed by atoms with Gasteiger partial charge in [-0.25, -0.2) is 9.59 Å². The summed E-state index contributed by atoms with van der Waals surface area (Å²) in [4.78, 5) is 40.7. The lowest BCUT2D eigenvalue weighted by molar-refractivity contribution is -0.184. The average molecular weight is 351 g/mol. The Morgan fingerprint density at radius 3 is 1.84 bits per heavy atom. The second-order valence-corrected chi connectivity index (χ2v) is 6.68. The lowest BCUT2D eigenvalue weighted by atomic mass is 9.94. The van der Waals surface area contributed by atoms with Crippen molar-refractivity contribution in [3.8, 4) is 0 Å². The van der Waals surface area contributed by atoms with Crippen molar-refractivity contribution >= 4 is 17.7 Å². The standard InChI is InChI=1S/C18H25NO6/c1-12(2)10-24-16(21)18(23,17(22)25-11-13(3)4)9-15(20)14-5-7-19-8-6-14/h5-8,12-13,23H,9-11H2,1-4H3. The molecule has 1 aromatic rings. The number of pyridine rings is 1. The second kappa shape index (κ2) is 9.27. The highest BCUT2D eigenvalue weighted by Gasteiger charge is 2.49. The van der Waals surface area contributed by atoms with E-state index < -0.39 is 29.7 Å². The van der Waals surface area contributed by atoms with Gasteiger partial charge in [0.1, 0.15) is 0 Å². The van der Waals surface area contributed by atoms with Crippen molar-refractivity contribution in [3.63, 3.8) is 0 Å². The molecule has 1 heterocycles. The summed E-state index contributed by atoms with van der Waals surface area (Å²) in [5.41, 5.74) is -2.45. The number of hydrogen-bond donors (Lipinski definition) is 1. The Kier molecular flexibility index (Phi) is 7.70. The monoisotopic (exact) mass is 351 g/mol. The predicted molar refractivity (Wildman–Crippen MR) is 89.7 cm³/mol. The molecule has 0 aromatic carbocycles. The highest BCUT2D eigenvalue weighted by atomic mass is 16.6. The van der Waals surface area contributed by atoms with Gasteiger partial charge in [-0.2, -0.15) is 0 Å². The van der Waals surface area contributed by atoms with Gasteiger partial charge < -0.3 is 14.6 Å². The minimum absolute atomic E-state index is 0.00998. The van der Waals surface area contributed by atoms with Crippen molar-refractivity contribution in [2.45, 2.75) is 39.7 Å². The molecule has 0 aliphatic carbocycles. The summed E-state index contributed by atoms with van der Waals surface area (Å²) in [7, 11) is 0. The zero-order valence-electron chi connectivity index (χ0n) is 15.0. The number of rotatable bonds is 9. The van der Waals surface area contributed by atoms with Gasteiger partial charge in [0.2, 0.25) is 0 Å². The lowest BCUT2D eigenvalue weighted by Gasteiger charge is -2.24. The number of ketones is 1. The second-order valence-electron chi connectivity index (χ2n) is 6.68. The number of carbonyl (C=O) groups is 3. The summed E-state index contributed by atoms with van der Waals surface area (Å²) < 4.78 is 9.96. The maximum atomic E-state index is 12.3. The van der Waals surface area contributed by atoms with E-state index in [1.54, 1.807) is 0 Å². The van der Waals surface area contributed by atoms with Gasteiger partial charge >= 0.3 is 11.9 Å². The van der Waals surface area contributed by atoms with Crippen LogP contribution >= 0.6 is 0 Å². The molecular formula is C18H25NO6. The molecule has 7 nitrogen and oxygen atoms in total. The first-order valence-electron chi connectivity index (χ1n) is 8.16. The van der Waals surface area contributed by atoms with Gasteiger partial charge in [0.05, 0.1) is 19.6 Å². The Bertz CT molecular complexity index is 573. The van der Waals surface area contributed by atoms with Crippen LogP contribution in [0.5, 0.6) is 0 Å². The highest BCUT2D eigenvalue weighted by Crippen LogP contribution is 2.20. The molecule has 0 fully saturated rings. The number of nitrogens with zero attached hydrogens (tertiary/aromatic N) is 1. The molecule has 138 valence electrons. The van der Waals surface area contributed by atoms with Gasteiger partial charge in [-0.05, 0) is 24.0 Å². The van der Waals surface area contributed by atoms with Crippen LogP contribution in [-0.4, -0.2) is 46.6 Å². The van der Waals surface area contributed by atoms with Gasteiger partial charge in [0.25, 0.3) is 5.60 Å². The summed E-state index contributed by atoms with van der Waals surface area (Å²) in [6.45, 7) is 7.28. The molecule has 0 saturated heterocycles. The molecule has 0 saturated carbocycles. The van der Waals surface area contributed by atoms with Crippen LogP contribution in [0.3, 0.4) is 0 Å². The Morgan fingerprint density at radius 2 is 1.44 bits per heavy atom. The number of hydrogen-bond acceptors (Lipinski definition) is 7. The number of aliphatic hydroxyl groups is 1. The first-order chi connectivity index (χ1) is 11.7. The van der Waals surface area contributed by atoms with E-state index in [1.165, 1.54) is 24.5 Å². The van der Waals surface area contributed by atoms with Crippen molar-refractivity contribution in [2.24, 2.45) is 11.8 Å². The van der Waals surface area contributed by atoms with Crippen molar-refractivity contribution in [2.75, 3.05) is 13.2 Å². The van der Waals surface area contributed by atoms with Crippen LogP contribution in [0.2, 0.25) is 0 Å². The summed E-state index contributed by atoms with van der Waals surface area (Å²) in [6.07, 6.45) is 2.05. The molecule has 7 heteroatoms. The van der Waals surface area contributed by atoms with Crippen LogP contribution in [0.1, 0.15) is 44.5 Å². The SMILES string of the molecule is CC(C)COC(=O)C(O)(CC(=O)c1ccncc1)C(=O)OCC(C)C. The highest BCUT2D eigenvalue weighted by molar-refractivity contribution is 6.10. The van der Waals surface area contributed by atoms with Gasteiger partial charge in [-0.15, -0.1) is 0 Å². The number of aromatic nitrogens is 1. The molecule has 0 spiro atoms. The normalized spacial score (nSPS) is 11.5. The third kappa shape index (κ3) is 6.26. The Morgan fingerprint density at radius 1 is 1.00 bits per heavy atom. The van der Waals surface area contributed by atoms with Gasteiger partial charge in [0.15, 0.2) is 5.78 Å². The van der Waals surface area contributed by atoms with E-state index in [9.17, 15) is 19.5 Å². The molecule has 0 aliphatic heterocycles. The van der Waals surface area contributed by atoms with E-state index in [0.717, 1.165) is 0 Å². The molecule has 25 heavy (non-hydrogen) atoms. The summed E-state index contributed by atoms with van der Waals surface area (Å²) in [5, 5.41) is 10.6. The molecule has 0 amide bonds. The minimum atomic E-state index is -2.68. The van der Waals surface area contributed by atoms with E-state index in [0.29, 0.717) is 0 Å². The van der Waals surface area contributed by atoms with E-state index in [2.05, 4.69) is 4.98 Å². The van der Waals surface area contributed by atoms with Crippen LogP contribution in [0.4, 0.5) is 0 Å². The van der Waals surface area contributed by atoms with Crippen LogP contribution in [0.25, 0.3) is 0 Å². The molecule has 1 rings (SSSR count). The van der Waals surface area contributed by atoms with E-state index in [1.807, 2.05) is 27.7 Å². The number of carbonyl (C=O) groups excluding carboxylic acids is 3. The van der Waals surface area contributed by atoms with Crippen molar-refractivity contribution in [1.82, 2.24) is 4.98 Å². The summed E-state index contributed by atoms with van der Waals surface area (Å²) >= 11 is 0. The molecule has 0 atom stereocenters. The van der Waals surface area contributed by atoms with Crippen LogP contribution in [0.15, 0.2) is 24.5 Å². The summed E-state index contributed by atoms with van der Waals surface area (Å²) in [6, 6.07) is 2.86. The zero-order chi connectivity index (χ0) is 19.0. The van der Waals surface area contributed by atoms with Gasteiger partial charge in [-0.1, -0.05) is 27.7 Å². The number of Topliss-reactive ketones (excluding diaryl/α,β-unsaturated/α-hetero) is 1. The van der Waals surface area contributed by atoms with Crippen molar-refractivity contribution < 1.29 is 29.0 Å². The van der Waals surface area contributed by atoms with E-state index in [4.69, 9.17) is 9.47 Å². The Hall–Kier alpha value is -2.28. The molecule has 0 bridgehead atoms. The average Bonchev–Trinajstić information content (AvgIpc) is 2.57. The fourth-order valence-corrected chi connectivity index (χ4v) is 1.82. The molecular weight excluding hydrogens is 326 g/mol. The van der Waals surface area contributed by atoms with Crippen LogP contribution < -0.4 is 0 Å². The zero-order valence-corrected chi connectivity index (χ0v) is 15.0. The fraction of sp³-hybridized carbons (Fsp3) is 0.556. The topological polar surface area (TPSA) is 103 Å². The Balaban J connectivity index is 2.98. The van der Waals surface area contributed by atoms with Crippen molar-refractivity contribution in [3.05, 3.63) is 30.1 Å². The minimum Gasteiger partial charge on any atom is -0.463 e. The number of esters is 2. The quantitative estimate of drug-likeness (QED) is 0.411. The predicted octanol–water partition coefficient (Wildman–Crippen LogP) is 1.78. The first-order valence-corrected chi connectivity index (χ1v) is 8.16. The third-order valence-electron chi connectivity index (χ3n) is 3.19. The van der Waals surface area contributed by atoms with Gasteiger partial charge in [0, 0.05) is 18.0 Å². The molecule has 0 radical (unpaired) electrons. The maximum Gasteiger partial charge on any atom is 0.350 e. The third-order valence-corrected chi connectivity index (χ3v) is 3.19. The maximum absolute atomic E-state index is 12.3.